The van der Waals surface area contributed by atoms with Crippen LogP contribution in [0, 0.1) is 6.92 Å². The molecule has 0 unspecified atom stereocenters. The fourth-order valence-electron chi connectivity index (χ4n) is 2.39. The molecule has 0 radical (unpaired) electrons. The van der Waals surface area contributed by atoms with E-state index in [0.717, 1.165) is 4.68 Å². The van der Waals surface area contributed by atoms with Crippen LogP contribution in [0.5, 0.6) is 0 Å². The summed E-state index contributed by atoms with van der Waals surface area (Å²) in [6.45, 7) is 0.466. The summed E-state index contributed by atoms with van der Waals surface area (Å²) >= 11 is 0. The van der Waals surface area contributed by atoms with Gasteiger partial charge < -0.3 is 0 Å². The lowest BCUT2D eigenvalue weighted by atomic mass is 10.2. The molecule has 0 spiro atoms. The molecule has 1 aromatic rings. The van der Waals surface area contributed by atoms with Crippen molar-refractivity contribution in [3.63, 3.8) is 0 Å². The largest absolute Gasteiger partial charge is 0.408 e. The maximum atomic E-state index is 12.5. The summed E-state index contributed by atoms with van der Waals surface area (Å²) in [5.74, 6) is 0.616. The maximum absolute atomic E-state index is 12.5. The molecule has 2 heterocycles. The predicted octanol–water partition coefficient (Wildman–Crippen LogP) is 0.768. The van der Waals surface area contributed by atoms with E-state index in [1.54, 1.807) is 11.9 Å². The molecule has 6 nitrogen and oxygen atoms in total. The Kier molecular flexibility index (Phi) is 4.29. The van der Waals surface area contributed by atoms with Crippen molar-refractivity contribution in [3.8, 4) is 0 Å². The van der Waals surface area contributed by atoms with E-state index < -0.39 is 22.6 Å². The molecule has 0 saturated carbocycles. The molecule has 0 aliphatic carbocycles. The molecule has 21 heavy (non-hydrogen) atoms. The third-order valence-electron chi connectivity index (χ3n) is 3.41. The fraction of sp³-hybridized carbons (Fsp3) is 0.818. The second-order valence-corrected chi connectivity index (χ2v) is 7.55. The van der Waals surface area contributed by atoms with Gasteiger partial charge in [-0.1, -0.05) is 0 Å². The Balaban J connectivity index is 2.09. The van der Waals surface area contributed by atoms with Gasteiger partial charge in [0.25, 0.3) is 0 Å². The van der Waals surface area contributed by atoms with Gasteiger partial charge in [-0.25, -0.2) is 18.1 Å². The Morgan fingerprint density at radius 3 is 2.62 bits per heavy atom. The van der Waals surface area contributed by atoms with E-state index in [-0.39, 0.29) is 35.7 Å². The molecule has 0 bridgehead atoms. The molecule has 0 aromatic carbocycles. The van der Waals surface area contributed by atoms with Crippen molar-refractivity contribution in [2.45, 2.75) is 38.7 Å². The first-order chi connectivity index (χ1) is 9.56. The highest BCUT2D eigenvalue weighted by molar-refractivity contribution is 7.91. The summed E-state index contributed by atoms with van der Waals surface area (Å²) in [6.07, 6.45) is -3.88. The number of hydrogen-bond acceptors (Lipinski definition) is 5. The van der Waals surface area contributed by atoms with Crippen LogP contribution in [0.1, 0.15) is 18.1 Å². The normalized spacial score (nSPS) is 22.1. The molecule has 1 aliphatic heterocycles. The van der Waals surface area contributed by atoms with E-state index in [2.05, 4.69) is 10.1 Å². The molecular weight excluding hydrogens is 309 g/mol. The van der Waals surface area contributed by atoms with Gasteiger partial charge in [-0.05, 0) is 20.4 Å². The molecule has 0 amide bonds. The maximum Gasteiger partial charge on any atom is 0.408 e. The van der Waals surface area contributed by atoms with Gasteiger partial charge in [-0.3, -0.25) is 4.90 Å². The number of sulfone groups is 1. The van der Waals surface area contributed by atoms with E-state index in [0.29, 0.717) is 6.42 Å². The fourth-order valence-corrected chi connectivity index (χ4v) is 4.19. The van der Waals surface area contributed by atoms with E-state index in [9.17, 15) is 21.6 Å². The predicted molar refractivity (Wildman–Crippen MR) is 69.3 cm³/mol. The lowest BCUT2D eigenvalue weighted by molar-refractivity contribution is -0.143. The minimum Gasteiger partial charge on any atom is -0.295 e. The van der Waals surface area contributed by atoms with Crippen molar-refractivity contribution in [2.75, 3.05) is 18.6 Å². The van der Waals surface area contributed by atoms with Gasteiger partial charge in [-0.2, -0.15) is 18.3 Å². The Hall–Kier alpha value is -1.16. The Morgan fingerprint density at radius 2 is 2.10 bits per heavy atom. The number of aryl methyl sites for hydroxylation is 1. The summed E-state index contributed by atoms with van der Waals surface area (Å²) < 4.78 is 61.2. The quantitative estimate of drug-likeness (QED) is 0.817. The molecule has 1 saturated heterocycles. The summed E-state index contributed by atoms with van der Waals surface area (Å²) in [4.78, 5) is 5.73. The number of halogens is 3. The average Bonchev–Trinajstić information content (AvgIpc) is 2.80. The zero-order valence-corrected chi connectivity index (χ0v) is 12.6. The summed E-state index contributed by atoms with van der Waals surface area (Å²) in [5.41, 5.74) is 0. The molecule has 2 rings (SSSR count). The van der Waals surface area contributed by atoms with Gasteiger partial charge in [0, 0.05) is 6.04 Å². The molecule has 1 aliphatic rings. The number of rotatable bonds is 4. The number of nitrogens with zero attached hydrogens (tertiary/aromatic N) is 4. The van der Waals surface area contributed by atoms with Crippen LogP contribution in [-0.2, 0) is 22.9 Å². The van der Waals surface area contributed by atoms with Crippen LogP contribution < -0.4 is 0 Å². The zero-order valence-electron chi connectivity index (χ0n) is 11.8. The Labute approximate surface area is 120 Å². The molecule has 1 atom stereocenters. The van der Waals surface area contributed by atoms with Gasteiger partial charge in [0.2, 0.25) is 0 Å². The Bertz CT molecular complexity index is 611. The van der Waals surface area contributed by atoms with Gasteiger partial charge in [0.05, 0.1) is 18.1 Å². The third-order valence-corrected chi connectivity index (χ3v) is 5.16. The van der Waals surface area contributed by atoms with E-state index >= 15 is 0 Å². The van der Waals surface area contributed by atoms with Crippen LogP contribution in [0.4, 0.5) is 13.2 Å². The van der Waals surface area contributed by atoms with E-state index in [1.807, 2.05) is 0 Å². The highest BCUT2D eigenvalue weighted by Crippen LogP contribution is 2.20. The number of alkyl halides is 3. The minimum absolute atomic E-state index is 0.0376. The molecule has 1 fully saturated rings. The van der Waals surface area contributed by atoms with Gasteiger partial charge in [0.1, 0.15) is 18.2 Å². The van der Waals surface area contributed by atoms with Crippen molar-refractivity contribution in [3.05, 3.63) is 11.6 Å². The smallest absolute Gasteiger partial charge is 0.295 e. The van der Waals surface area contributed by atoms with Crippen molar-refractivity contribution in [1.29, 1.82) is 0 Å². The first-order valence-electron chi connectivity index (χ1n) is 6.43. The highest BCUT2D eigenvalue weighted by Gasteiger charge is 2.33. The summed E-state index contributed by atoms with van der Waals surface area (Å²) in [5, 5.41) is 3.74. The van der Waals surface area contributed by atoms with Crippen LogP contribution in [0.3, 0.4) is 0 Å². The van der Waals surface area contributed by atoms with E-state index in [4.69, 9.17) is 0 Å². The summed E-state index contributed by atoms with van der Waals surface area (Å²) in [7, 11) is -1.34. The number of hydrogen-bond donors (Lipinski definition) is 0. The van der Waals surface area contributed by atoms with Crippen LogP contribution in [0.15, 0.2) is 0 Å². The SMILES string of the molecule is Cc1nc(CN(C)[C@@H]2CCS(=O)(=O)C2)n(CC(F)(F)F)n1. The lowest BCUT2D eigenvalue weighted by Crippen LogP contribution is -2.33. The molecule has 1 aromatic heterocycles. The monoisotopic (exact) mass is 326 g/mol. The molecule has 0 N–H and O–H groups in total. The highest BCUT2D eigenvalue weighted by atomic mass is 32.2. The topological polar surface area (TPSA) is 68.1 Å². The second kappa shape index (κ2) is 5.56. The third kappa shape index (κ3) is 4.40. The van der Waals surface area contributed by atoms with Gasteiger partial charge in [-0.15, -0.1) is 0 Å². The van der Waals surface area contributed by atoms with Crippen molar-refractivity contribution >= 4 is 9.84 Å². The lowest BCUT2D eigenvalue weighted by Gasteiger charge is -2.22. The van der Waals surface area contributed by atoms with Crippen molar-refractivity contribution in [1.82, 2.24) is 19.7 Å². The standard InChI is InChI=1S/C11H17F3N4O2S/c1-8-15-10(18(16-8)7-11(12,13)14)5-17(2)9-3-4-21(19,20)6-9/h9H,3-7H2,1-2H3/t9-/m1/s1. The number of aromatic nitrogens is 3. The summed E-state index contributed by atoms with van der Waals surface area (Å²) in [6, 6.07) is -0.189. The van der Waals surface area contributed by atoms with Crippen LogP contribution in [-0.4, -0.2) is 58.9 Å². The van der Waals surface area contributed by atoms with Crippen molar-refractivity contribution < 1.29 is 21.6 Å². The van der Waals surface area contributed by atoms with Gasteiger partial charge >= 0.3 is 6.18 Å². The minimum atomic E-state index is -4.37. The van der Waals surface area contributed by atoms with Crippen LogP contribution in [0.2, 0.25) is 0 Å². The second-order valence-electron chi connectivity index (χ2n) is 5.32. The molecule has 10 heteroatoms. The van der Waals surface area contributed by atoms with Crippen LogP contribution >= 0.6 is 0 Å². The van der Waals surface area contributed by atoms with Crippen molar-refractivity contribution in [2.24, 2.45) is 0 Å². The first kappa shape index (κ1) is 16.2. The first-order valence-corrected chi connectivity index (χ1v) is 8.25. The van der Waals surface area contributed by atoms with E-state index in [1.165, 1.54) is 6.92 Å². The zero-order chi connectivity index (χ0) is 15.8. The average molecular weight is 326 g/mol. The van der Waals surface area contributed by atoms with Gasteiger partial charge in [0.15, 0.2) is 9.84 Å². The molecule has 120 valence electrons. The molecular formula is C11H17F3N4O2S. The Morgan fingerprint density at radius 1 is 1.43 bits per heavy atom. The van der Waals surface area contributed by atoms with Crippen LogP contribution in [0.25, 0.3) is 0 Å².